The van der Waals surface area contributed by atoms with Gasteiger partial charge in [-0.15, -0.1) is 0 Å². The molecule has 0 radical (unpaired) electrons. The van der Waals surface area contributed by atoms with E-state index < -0.39 is 5.82 Å². The number of thiophene rings is 1. The molecular formula is C13H11ClFN3S. The fraction of sp³-hybridized carbons (Fsp3) is 0.154. The van der Waals surface area contributed by atoms with Crippen LogP contribution in [0.15, 0.2) is 22.9 Å². The van der Waals surface area contributed by atoms with Gasteiger partial charge in [0, 0.05) is 6.07 Å². The summed E-state index contributed by atoms with van der Waals surface area (Å²) in [6.45, 7) is 2.66. The number of aryl methyl sites for hydroxylation is 1. The van der Waals surface area contributed by atoms with Gasteiger partial charge in [-0.2, -0.15) is 11.3 Å². The summed E-state index contributed by atoms with van der Waals surface area (Å²) in [5.41, 5.74) is 9.56. The van der Waals surface area contributed by atoms with Crippen LogP contribution in [0, 0.1) is 12.7 Å². The second-order valence-corrected chi connectivity index (χ2v) is 5.54. The molecule has 0 aliphatic carbocycles. The first-order valence-electron chi connectivity index (χ1n) is 5.68. The average Bonchev–Trinajstić information content (AvgIpc) is 2.88. The molecule has 3 nitrogen and oxygen atoms in total. The van der Waals surface area contributed by atoms with Crippen molar-refractivity contribution < 1.29 is 4.39 Å². The van der Waals surface area contributed by atoms with E-state index in [4.69, 9.17) is 17.3 Å². The SMILES string of the molecule is Cc1cscc1Cn1c(N)nc2cc(F)c(Cl)cc21. The summed E-state index contributed by atoms with van der Waals surface area (Å²) in [6, 6.07) is 2.88. The fourth-order valence-electron chi connectivity index (χ4n) is 2.02. The Morgan fingerprint density at radius 2 is 2.21 bits per heavy atom. The van der Waals surface area contributed by atoms with E-state index in [-0.39, 0.29) is 5.02 Å². The number of nitrogen functional groups attached to an aromatic ring is 1. The highest BCUT2D eigenvalue weighted by Gasteiger charge is 2.13. The van der Waals surface area contributed by atoms with Gasteiger partial charge < -0.3 is 10.3 Å². The maximum Gasteiger partial charge on any atom is 0.201 e. The number of aromatic nitrogens is 2. The van der Waals surface area contributed by atoms with Gasteiger partial charge in [0.2, 0.25) is 5.95 Å². The molecule has 0 bridgehead atoms. The number of benzene rings is 1. The van der Waals surface area contributed by atoms with Crippen LogP contribution < -0.4 is 5.73 Å². The number of halogens is 2. The molecule has 19 heavy (non-hydrogen) atoms. The van der Waals surface area contributed by atoms with Crippen LogP contribution >= 0.6 is 22.9 Å². The minimum Gasteiger partial charge on any atom is -0.369 e. The second kappa shape index (κ2) is 4.51. The minimum atomic E-state index is -0.481. The Kier molecular flexibility index (Phi) is 2.95. The van der Waals surface area contributed by atoms with Crippen LogP contribution in [0.5, 0.6) is 0 Å². The number of hydrogen-bond acceptors (Lipinski definition) is 3. The molecule has 0 saturated heterocycles. The van der Waals surface area contributed by atoms with E-state index >= 15 is 0 Å². The first-order chi connectivity index (χ1) is 9.06. The molecule has 3 aromatic rings. The summed E-state index contributed by atoms with van der Waals surface area (Å²) in [4.78, 5) is 4.17. The molecule has 2 heterocycles. The fourth-order valence-corrected chi connectivity index (χ4v) is 3.03. The van der Waals surface area contributed by atoms with Crippen molar-refractivity contribution >= 4 is 39.9 Å². The molecule has 2 aromatic heterocycles. The number of hydrogen-bond donors (Lipinski definition) is 1. The third-order valence-electron chi connectivity index (χ3n) is 3.11. The summed E-state index contributed by atoms with van der Waals surface area (Å²) in [5.74, 6) is -0.118. The Bertz CT molecular complexity index is 763. The zero-order chi connectivity index (χ0) is 13.6. The van der Waals surface area contributed by atoms with Crippen LogP contribution in [-0.2, 0) is 6.54 Å². The highest BCUT2D eigenvalue weighted by molar-refractivity contribution is 7.08. The first-order valence-corrected chi connectivity index (χ1v) is 7.01. The lowest BCUT2D eigenvalue weighted by Crippen LogP contribution is -2.04. The molecule has 0 atom stereocenters. The van der Waals surface area contributed by atoms with Crippen molar-refractivity contribution in [3.8, 4) is 0 Å². The van der Waals surface area contributed by atoms with Gasteiger partial charge in [0.05, 0.1) is 22.6 Å². The molecule has 0 unspecified atom stereocenters. The van der Waals surface area contributed by atoms with Gasteiger partial charge in [-0.05, 0) is 34.9 Å². The first kappa shape index (κ1) is 12.4. The van der Waals surface area contributed by atoms with Gasteiger partial charge in [-0.25, -0.2) is 9.37 Å². The van der Waals surface area contributed by atoms with Crippen molar-refractivity contribution in [2.24, 2.45) is 0 Å². The number of nitrogens with zero attached hydrogens (tertiary/aromatic N) is 2. The highest BCUT2D eigenvalue weighted by atomic mass is 35.5. The van der Waals surface area contributed by atoms with E-state index in [9.17, 15) is 4.39 Å². The maximum absolute atomic E-state index is 13.4. The van der Waals surface area contributed by atoms with Crippen LogP contribution in [0.25, 0.3) is 11.0 Å². The summed E-state index contributed by atoms with van der Waals surface area (Å²) in [7, 11) is 0. The quantitative estimate of drug-likeness (QED) is 0.781. The average molecular weight is 296 g/mol. The molecule has 3 rings (SSSR count). The Hall–Kier alpha value is -1.59. The summed E-state index contributed by atoms with van der Waals surface area (Å²) in [5, 5.41) is 4.24. The molecule has 98 valence electrons. The Morgan fingerprint density at radius 1 is 1.42 bits per heavy atom. The smallest absolute Gasteiger partial charge is 0.201 e. The van der Waals surface area contributed by atoms with Crippen molar-refractivity contribution in [2.75, 3.05) is 5.73 Å². The lowest BCUT2D eigenvalue weighted by atomic mass is 10.2. The number of rotatable bonds is 2. The van der Waals surface area contributed by atoms with Crippen molar-refractivity contribution in [2.45, 2.75) is 13.5 Å². The highest BCUT2D eigenvalue weighted by Crippen LogP contribution is 2.26. The normalized spacial score (nSPS) is 11.3. The van der Waals surface area contributed by atoms with Gasteiger partial charge in [0.15, 0.2) is 0 Å². The number of nitrogens with two attached hydrogens (primary N) is 1. The van der Waals surface area contributed by atoms with Crippen LogP contribution in [0.1, 0.15) is 11.1 Å². The van der Waals surface area contributed by atoms with Crippen molar-refractivity contribution in [1.82, 2.24) is 9.55 Å². The molecule has 0 fully saturated rings. The minimum absolute atomic E-state index is 0.0793. The van der Waals surface area contributed by atoms with Crippen molar-refractivity contribution in [3.05, 3.63) is 44.9 Å². The molecule has 0 aliphatic rings. The van der Waals surface area contributed by atoms with E-state index in [1.165, 1.54) is 17.2 Å². The van der Waals surface area contributed by atoms with Crippen LogP contribution in [0.3, 0.4) is 0 Å². The number of fused-ring (bicyclic) bond motifs is 1. The molecule has 0 spiro atoms. The van der Waals surface area contributed by atoms with E-state index in [0.717, 1.165) is 5.52 Å². The molecule has 2 N–H and O–H groups in total. The van der Waals surface area contributed by atoms with E-state index in [0.29, 0.717) is 18.0 Å². The van der Waals surface area contributed by atoms with Gasteiger partial charge in [0.25, 0.3) is 0 Å². The summed E-state index contributed by atoms with van der Waals surface area (Å²) >= 11 is 7.47. The van der Waals surface area contributed by atoms with E-state index in [2.05, 4.69) is 15.7 Å². The molecular weight excluding hydrogens is 285 g/mol. The van der Waals surface area contributed by atoms with Gasteiger partial charge in [-0.3, -0.25) is 0 Å². The standard InChI is InChI=1S/C13H11ClFN3S/c1-7-5-19-6-8(7)4-18-12-2-9(14)10(15)3-11(12)17-13(18)16/h2-3,5-6H,4H2,1H3,(H2,16,17). The topological polar surface area (TPSA) is 43.8 Å². The lowest BCUT2D eigenvalue weighted by Gasteiger charge is -2.06. The maximum atomic E-state index is 13.4. The second-order valence-electron chi connectivity index (χ2n) is 4.39. The molecule has 6 heteroatoms. The van der Waals surface area contributed by atoms with E-state index in [1.807, 2.05) is 11.5 Å². The number of imidazole rings is 1. The Morgan fingerprint density at radius 3 is 2.89 bits per heavy atom. The Balaban J connectivity index is 2.15. The van der Waals surface area contributed by atoms with Crippen molar-refractivity contribution in [1.29, 1.82) is 0 Å². The third-order valence-corrected chi connectivity index (χ3v) is 4.31. The van der Waals surface area contributed by atoms with Gasteiger partial charge in [0.1, 0.15) is 5.82 Å². The van der Waals surface area contributed by atoms with Gasteiger partial charge >= 0.3 is 0 Å². The van der Waals surface area contributed by atoms with E-state index in [1.54, 1.807) is 17.4 Å². The number of anilines is 1. The third kappa shape index (κ3) is 2.09. The zero-order valence-electron chi connectivity index (χ0n) is 10.2. The zero-order valence-corrected chi connectivity index (χ0v) is 11.7. The van der Waals surface area contributed by atoms with Gasteiger partial charge in [-0.1, -0.05) is 11.6 Å². The molecule has 0 aliphatic heterocycles. The van der Waals surface area contributed by atoms with Crippen molar-refractivity contribution in [3.63, 3.8) is 0 Å². The molecule has 0 saturated carbocycles. The van der Waals surface area contributed by atoms with Crippen LogP contribution in [-0.4, -0.2) is 9.55 Å². The van der Waals surface area contributed by atoms with Crippen LogP contribution in [0.4, 0.5) is 10.3 Å². The van der Waals surface area contributed by atoms with Crippen LogP contribution in [0.2, 0.25) is 5.02 Å². The summed E-state index contributed by atoms with van der Waals surface area (Å²) in [6.07, 6.45) is 0. The Labute approximate surface area is 118 Å². The largest absolute Gasteiger partial charge is 0.369 e. The molecule has 1 aromatic carbocycles. The molecule has 0 amide bonds. The lowest BCUT2D eigenvalue weighted by molar-refractivity contribution is 0.629. The summed E-state index contributed by atoms with van der Waals surface area (Å²) < 4.78 is 15.3. The predicted octanol–water partition coefficient (Wildman–Crippen LogP) is 3.83. The monoisotopic (exact) mass is 295 g/mol. The predicted molar refractivity (Wildman–Crippen MR) is 77.3 cm³/mol.